The predicted molar refractivity (Wildman–Crippen MR) is 112 cm³/mol. The Kier molecular flexibility index (Phi) is 8.43. The van der Waals surface area contributed by atoms with Gasteiger partial charge in [-0.2, -0.15) is 18.3 Å². The van der Waals surface area contributed by atoms with Crippen LogP contribution in [-0.4, -0.2) is 59.7 Å². The van der Waals surface area contributed by atoms with Crippen molar-refractivity contribution >= 4 is 16.0 Å². The molecule has 1 unspecified atom stereocenters. The highest BCUT2D eigenvalue weighted by atomic mass is 32.2. The summed E-state index contributed by atoms with van der Waals surface area (Å²) in [4.78, 5) is 11.3. The number of sulfonamides is 1. The van der Waals surface area contributed by atoms with Crippen molar-refractivity contribution in [1.29, 1.82) is 0 Å². The number of alkyl halides is 3. The van der Waals surface area contributed by atoms with E-state index in [9.17, 15) is 21.6 Å². The van der Waals surface area contributed by atoms with E-state index in [0.717, 1.165) is 26.1 Å². The zero-order chi connectivity index (χ0) is 24.1. The molecule has 0 bridgehead atoms. The van der Waals surface area contributed by atoms with Gasteiger partial charge in [0.15, 0.2) is 0 Å². The number of aliphatic carboxylic acids is 1. The minimum absolute atomic E-state index is 0.180. The van der Waals surface area contributed by atoms with E-state index in [1.165, 1.54) is 28.6 Å². The third kappa shape index (κ3) is 8.24. The second kappa shape index (κ2) is 10.5. The number of aromatic nitrogens is 2. The molecule has 0 aliphatic carbocycles. The lowest BCUT2D eigenvalue weighted by Gasteiger charge is -2.34. The van der Waals surface area contributed by atoms with Crippen molar-refractivity contribution in [2.45, 2.75) is 45.6 Å². The molecule has 0 spiro atoms. The number of hydrogen-bond donors (Lipinski definition) is 2. The van der Waals surface area contributed by atoms with Crippen LogP contribution in [0, 0.1) is 13.8 Å². The van der Waals surface area contributed by atoms with E-state index in [0.29, 0.717) is 6.54 Å². The average molecular weight is 477 g/mol. The molecule has 2 aromatic rings. The number of rotatable bonds is 6. The van der Waals surface area contributed by atoms with Crippen molar-refractivity contribution in [2.24, 2.45) is 0 Å². The van der Waals surface area contributed by atoms with Crippen LogP contribution in [0.15, 0.2) is 30.5 Å². The molecule has 1 aromatic heterocycles. The fourth-order valence-corrected chi connectivity index (χ4v) is 4.12. The quantitative estimate of drug-likeness (QED) is 0.664. The maximum absolute atomic E-state index is 11.3. The van der Waals surface area contributed by atoms with E-state index in [4.69, 9.17) is 9.90 Å². The Morgan fingerprint density at radius 1 is 1.25 bits per heavy atom. The molecule has 32 heavy (non-hydrogen) atoms. The molecule has 8 nitrogen and oxygen atoms in total. The largest absolute Gasteiger partial charge is 0.490 e. The van der Waals surface area contributed by atoms with Gasteiger partial charge in [0, 0.05) is 32.4 Å². The van der Waals surface area contributed by atoms with Gasteiger partial charge >= 0.3 is 12.1 Å². The van der Waals surface area contributed by atoms with E-state index in [2.05, 4.69) is 46.8 Å². The number of halogens is 3. The fourth-order valence-electron chi connectivity index (χ4n) is 3.63. The third-order valence-corrected chi connectivity index (χ3v) is 5.45. The highest BCUT2D eigenvalue weighted by molar-refractivity contribution is 7.88. The van der Waals surface area contributed by atoms with Crippen LogP contribution in [0.1, 0.15) is 34.8 Å². The first-order valence-corrected chi connectivity index (χ1v) is 11.7. The van der Waals surface area contributed by atoms with Crippen LogP contribution in [0.5, 0.6) is 0 Å². The van der Waals surface area contributed by atoms with Crippen LogP contribution in [0.3, 0.4) is 0 Å². The predicted octanol–water partition coefficient (Wildman–Crippen LogP) is 2.63. The standard InChI is InChI=1S/C18H26N4O2S.C2HF3O2/c1-14-8-15(2)10-16(9-14)11-21-12-17-4-6-19-22(17)18(13-21)5-7-20-25(3,23)24;3-2(4,5)1(6)7/h4,6,8-10,18,20H,5,7,11-13H2,1-3H3;(H,6,7). The normalized spacial score (nSPS) is 16.8. The number of carboxylic acids is 1. The molecule has 3 rings (SSSR count). The summed E-state index contributed by atoms with van der Waals surface area (Å²) >= 11 is 0. The molecule has 2 heterocycles. The number of aryl methyl sites for hydroxylation is 2. The Morgan fingerprint density at radius 2 is 1.84 bits per heavy atom. The van der Waals surface area contributed by atoms with Crippen molar-refractivity contribution in [1.82, 2.24) is 19.4 Å². The number of nitrogens with zero attached hydrogens (tertiary/aromatic N) is 3. The maximum atomic E-state index is 11.3. The van der Waals surface area contributed by atoms with Gasteiger partial charge < -0.3 is 5.11 Å². The van der Waals surface area contributed by atoms with Crippen molar-refractivity contribution in [3.8, 4) is 0 Å². The second-order valence-corrected chi connectivity index (χ2v) is 9.68. The SMILES string of the molecule is Cc1cc(C)cc(CN2Cc3ccnn3C(CCNS(C)(=O)=O)C2)c1.O=C(O)C(F)(F)F. The van der Waals surface area contributed by atoms with Crippen LogP contribution in [0.4, 0.5) is 13.2 Å². The number of nitrogens with one attached hydrogen (secondary N) is 1. The van der Waals surface area contributed by atoms with Gasteiger partial charge in [-0.3, -0.25) is 9.58 Å². The smallest absolute Gasteiger partial charge is 0.475 e. The number of hydrogen-bond acceptors (Lipinski definition) is 5. The minimum atomic E-state index is -5.08. The summed E-state index contributed by atoms with van der Waals surface area (Å²) in [7, 11) is -3.15. The molecule has 1 aliphatic rings. The molecule has 0 saturated heterocycles. The average Bonchev–Trinajstić information content (AvgIpc) is 3.08. The minimum Gasteiger partial charge on any atom is -0.475 e. The van der Waals surface area contributed by atoms with Crippen LogP contribution >= 0.6 is 0 Å². The first kappa shape index (κ1) is 25.8. The van der Waals surface area contributed by atoms with E-state index in [-0.39, 0.29) is 6.04 Å². The highest BCUT2D eigenvalue weighted by Gasteiger charge is 2.38. The third-order valence-electron chi connectivity index (χ3n) is 4.72. The van der Waals surface area contributed by atoms with E-state index in [1.54, 1.807) is 0 Å². The second-order valence-electron chi connectivity index (χ2n) is 7.84. The van der Waals surface area contributed by atoms with E-state index >= 15 is 0 Å². The summed E-state index contributed by atoms with van der Waals surface area (Å²) in [5.74, 6) is -2.76. The Morgan fingerprint density at radius 3 is 2.38 bits per heavy atom. The molecular weight excluding hydrogens is 449 g/mol. The highest BCUT2D eigenvalue weighted by Crippen LogP contribution is 2.24. The van der Waals surface area contributed by atoms with Crippen LogP contribution < -0.4 is 4.72 Å². The summed E-state index contributed by atoms with van der Waals surface area (Å²) in [6.45, 7) is 7.31. The van der Waals surface area contributed by atoms with Gasteiger partial charge in [0.25, 0.3) is 0 Å². The molecule has 1 aromatic carbocycles. The molecule has 2 N–H and O–H groups in total. The zero-order valence-electron chi connectivity index (χ0n) is 18.1. The first-order valence-electron chi connectivity index (χ1n) is 9.81. The van der Waals surface area contributed by atoms with Crippen molar-refractivity contribution < 1.29 is 31.5 Å². The number of fused-ring (bicyclic) bond motifs is 1. The van der Waals surface area contributed by atoms with E-state index < -0.39 is 22.2 Å². The van der Waals surface area contributed by atoms with Gasteiger partial charge in [-0.1, -0.05) is 29.3 Å². The Balaban J connectivity index is 0.000000451. The molecule has 1 atom stereocenters. The first-order chi connectivity index (χ1) is 14.7. The van der Waals surface area contributed by atoms with Crippen molar-refractivity contribution in [2.75, 3.05) is 19.3 Å². The van der Waals surface area contributed by atoms with Crippen LogP contribution in [-0.2, 0) is 27.9 Å². The van der Waals surface area contributed by atoms with Crippen LogP contribution in [0.2, 0.25) is 0 Å². The number of carbonyl (C=O) groups is 1. The van der Waals surface area contributed by atoms with Gasteiger partial charge in [-0.05, 0) is 31.9 Å². The summed E-state index contributed by atoms with van der Waals surface area (Å²) in [5, 5.41) is 11.6. The molecule has 0 fully saturated rings. The molecule has 178 valence electrons. The Hall–Kier alpha value is -2.44. The lowest BCUT2D eigenvalue weighted by atomic mass is 10.1. The van der Waals surface area contributed by atoms with Crippen molar-refractivity contribution in [3.63, 3.8) is 0 Å². The van der Waals surface area contributed by atoms with Gasteiger partial charge in [-0.25, -0.2) is 17.9 Å². The molecular formula is C20H27F3N4O4S. The number of carboxylic acid groups (broad SMARTS) is 1. The molecule has 1 aliphatic heterocycles. The van der Waals surface area contributed by atoms with Gasteiger partial charge in [0.1, 0.15) is 0 Å². The van der Waals surface area contributed by atoms with Crippen LogP contribution in [0.25, 0.3) is 0 Å². The lowest BCUT2D eigenvalue weighted by Crippen LogP contribution is -2.38. The summed E-state index contributed by atoms with van der Waals surface area (Å²) < 4.78 is 59.0. The molecule has 12 heteroatoms. The maximum Gasteiger partial charge on any atom is 0.490 e. The lowest BCUT2D eigenvalue weighted by molar-refractivity contribution is -0.192. The van der Waals surface area contributed by atoms with Crippen molar-refractivity contribution in [3.05, 3.63) is 52.8 Å². The summed E-state index contributed by atoms with van der Waals surface area (Å²) in [6.07, 6.45) is -1.34. The summed E-state index contributed by atoms with van der Waals surface area (Å²) in [5.41, 5.74) is 5.07. The van der Waals surface area contributed by atoms with Gasteiger partial charge in [0.2, 0.25) is 10.0 Å². The monoisotopic (exact) mass is 476 g/mol. The van der Waals surface area contributed by atoms with Gasteiger partial charge in [0.05, 0.1) is 18.0 Å². The van der Waals surface area contributed by atoms with E-state index in [1.807, 2.05) is 16.9 Å². The molecule has 0 amide bonds. The Bertz CT molecular complexity index is 1020. The topological polar surface area (TPSA) is 105 Å². The zero-order valence-corrected chi connectivity index (χ0v) is 18.9. The fraction of sp³-hybridized carbons (Fsp3) is 0.500. The molecule has 0 radical (unpaired) electrons. The Labute approximate surface area is 185 Å². The summed E-state index contributed by atoms with van der Waals surface area (Å²) in [6, 6.07) is 8.89. The van der Waals surface area contributed by atoms with Gasteiger partial charge in [-0.15, -0.1) is 0 Å². The number of benzene rings is 1. The molecule has 0 saturated carbocycles.